The van der Waals surface area contributed by atoms with Gasteiger partial charge in [0, 0.05) is 11.8 Å². The first kappa shape index (κ1) is 18.2. The molecule has 0 heterocycles. The molecule has 4 nitrogen and oxygen atoms in total. The summed E-state index contributed by atoms with van der Waals surface area (Å²) in [5.74, 6) is -0.292. The Morgan fingerprint density at radius 2 is 2.12 bits per heavy atom. The van der Waals surface area contributed by atoms with Crippen molar-refractivity contribution >= 4 is 11.6 Å². The van der Waals surface area contributed by atoms with E-state index < -0.39 is 11.3 Å². The zero-order chi connectivity index (χ0) is 19.1. The molecule has 2 aliphatic rings. The number of carbonyl (C=O) groups excluding carboxylic acids is 2. The molecule has 1 aromatic carbocycles. The third kappa shape index (κ3) is 2.61. The fraction of sp³-hybridized carbons (Fsp3) is 0.364. The number of allylic oxidation sites excluding steroid dienone is 5. The Kier molecular flexibility index (Phi) is 4.61. The number of rotatable bonds is 4. The highest BCUT2D eigenvalue weighted by atomic mass is 16.5. The molecule has 0 saturated carbocycles. The molecule has 26 heavy (non-hydrogen) atoms. The van der Waals surface area contributed by atoms with Gasteiger partial charge in [0.25, 0.3) is 0 Å². The lowest BCUT2D eigenvalue weighted by Crippen LogP contribution is -2.49. The molecule has 0 amide bonds. The first-order valence-corrected chi connectivity index (χ1v) is 8.89. The standard InChI is InChI=1S/C22H24O4/c1-5-14-7-9-16-18(24)11-13(3)21(25)22(16,4)20(14)15-8-10-17(23)19(12-15)26-6-2/h5,7-8,10-12,16,20,23H,1,6,9H2,2-4H3. The highest BCUT2D eigenvalue weighted by molar-refractivity contribution is 6.13. The van der Waals surface area contributed by atoms with E-state index in [0.717, 1.165) is 11.1 Å². The van der Waals surface area contributed by atoms with Crippen LogP contribution in [-0.4, -0.2) is 23.3 Å². The molecule has 1 N–H and O–H groups in total. The second kappa shape index (κ2) is 6.60. The monoisotopic (exact) mass is 352 g/mol. The minimum absolute atomic E-state index is 0.00206. The van der Waals surface area contributed by atoms with Gasteiger partial charge >= 0.3 is 0 Å². The van der Waals surface area contributed by atoms with Crippen molar-refractivity contribution in [1.82, 2.24) is 0 Å². The number of carbonyl (C=O) groups is 2. The lowest BCUT2D eigenvalue weighted by Gasteiger charge is -2.47. The molecule has 2 aliphatic carbocycles. The lowest BCUT2D eigenvalue weighted by atomic mass is 9.53. The molecular formula is C22H24O4. The van der Waals surface area contributed by atoms with Crippen molar-refractivity contribution in [2.45, 2.75) is 33.1 Å². The Bertz CT molecular complexity index is 846. The molecule has 0 spiro atoms. The SMILES string of the molecule is C=CC1=CCC2C(=O)C=C(C)C(=O)C2(C)C1c1ccc(O)c(OCC)c1. The second-order valence-electron chi connectivity index (χ2n) is 7.13. The second-order valence-corrected chi connectivity index (χ2v) is 7.13. The smallest absolute Gasteiger partial charge is 0.166 e. The fourth-order valence-electron chi connectivity index (χ4n) is 4.39. The molecule has 1 aromatic rings. The Balaban J connectivity index is 2.21. The van der Waals surface area contributed by atoms with E-state index in [1.165, 1.54) is 6.08 Å². The maximum Gasteiger partial charge on any atom is 0.166 e. The Morgan fingerprint density at radius 3 is 2.77 bits per heavy atom. The number of fused-ring (bicyclic) bond motifs is 1. The largest absolute Gasteiger partial charge is 0.504 e. The molecule has 0 aromatic heterocycles. The highest BCUT2D eigenvalue weighted by Crippen LogP contribution is 2.55. The maximum atomic E-state index is 13.2. The molecule has 4 heteroatoms. The summed E-state index contributed by atoms with van der Waals surface area (Å²) in [6.07, 6.45) is 5.75. The minimum Gasteiger partial charge on any atom is -0.504 e. The number of hydrogen-bond acceptors (Lipinski definition) is 4. The summed E-state index contributed by atoms with van der Waals surface area (Å²) in [5, 5.41) is 10.0. The van der Waals surface area contributed by atoms with Crippen LogP contribution >= 0.6 is 0 Å². The fourth-order valence-corrected chi connectivity index (χ4v) is 4.39. The van der Waals surface area contributed by atoms with Crippen LogP contribution in [0.3, 0.4) is 0 Å². The van der Waals surface area contributed by atoms with Gasteiger partial charge in [-0.05, 0) is 55.2 Å². The summed E-state index contributed by atoms with van der Waals surface area (Å²) in [4.78, 5) is 25.8. The van der Waals surface area contributed by atoms with Crippen LogP contribution in [-0.2, 0) is 9.59 Å². The first-order chi connectivity index (χ1) is 12.3. The number of benzene rings is 1. The van der Waals surface area contributed by atoms with Crippen LogP contribution in [0.5, 0.6) is 11.5 Å². The van der Waals surface area contributed by atoms with Crippen LogP contribution < -0.4 is 4.74 Å². The van der Waals surface area contributed by atoms with E-state index in [2.05, 4.69) is 6.58 Å². The molecule has 0 saturated heterocycles. The summed E-state index contributed by atoms with van der Waals surface area (Å²) in [7, 11) is 0. The summed E-state index contributed by atoms with van der Waals surface area (Å²) in [6, 6.07) is 5.13. The Labute approximate surface area is 153 Å². The molecule has 0 radical (unpaired) electrons. The number of ketones is 2. The van der Waals surface area contributed by atoms with Gasteiger partial charge in [-0.25, -0.2) is 0 Å². The maximum absolute atomic E-state index is 13.2. The number of phenolic OH excluding ortho intramolecular Hbond substituents is 1. The van der Waals surface area contributed by atoms with Crippen molar-refractivity contribution in [2.24, 2.45) is 11.3 Å². The van der Waals surface area contributed by atoms with Gasteiger partial charge in [0.1, 0.15) is 0 Å². The van der Waals surface area contributed by atoms with E-state index in [0.29, 0.717) is 24.4 Å². The van der Waals surface area contributed by atoms with Crippen LogP contribution in [0.1, 0.15) is 38.7 Å². The van der Waals surface area contributed by atoms with E-state index >= 15 is 0 Å². The zero-order valence-electron chi connectivity index (χ0n) is 15.4. The Hall–Kier alpha value is -2.62. The summed E-state index contributed by atoms with van der Waals surface area (Å²) in [6.45, 7) is 9.75. The van der Waals surface area contributed by atoms with Crippen molar-refractivity contribution in [3.05, 3.63) is 59.7 Å². The molecular weight excluding hydrogens is 328 g/mol. The van der Waals surface area contributed by atoms with Crippen LogP contribution in [0, 0.1) is 11.3 Å². The van der Waals surface area contributed by atoms with Crippen molar-refractivity contribution in [1.29, 1.82) is 0 Å². The van der Waals surface area contributed by atoms with E-state index in [1.54, 1.807) is 31.2 Å². The van der Waals surface area contributed by atoms with Crippen LogP contribution in [0.25, 0.3) is 0 Å². The van der Waals surface area contributed by atoms with Gasteiger partial charge < -0.3 is 9.84 Å². The van der Waals surface area contributed by atoms with Gasteiger partial charge in [0.2, 0.25) is 0 Å². The van der Waals surface area contributed by atoms with Crippen molar-refractivity contribution in [3.8, 4) is 11.5 Å². The van der Waals surface area contributed by atoms with Crippen molar-refractivity contribution < 1.29 is 19.4 Å². The van der Waals surface area contributed by atoms with Gasteiger partial charge in [-0.2, -0.15) is 0 Å². The summed E-state index contributed by atoms with van der Waals surface area (Å²) in [5.41, 5.74) is 1.37. The summed E-state index contributed by atoms with van der Waals surface area (Å²) < 4.78 is 5.52. The molecule has 3 atom stereocenters. The topological polar surface area (TPSA) is 63.6 Å². The third-order valence-electron chi connectivity index (χ3n) is 5.65. The number of ether oxygens (including phenoxy) is 1. The predicted molar refractivity (Wildman–Crippen MR) is 100 cm³/mol. The van der Waals surface area contributed by atoms with Crippen LogP contribution in [0.4, 0.5) is 0 Å². The predicted octanol–water partition coefficient (Wildman–Crippen LogP) is 4.11. The number of Topliss-reactive ketones (excluding diaryl/α,β-unsaturated/α-hetero) is 1. The van der Waals surface area contributed by atoms with Gasteiger partial charge in [-0.15, -0.1) is 0 Å². The third-order valence-corrected chi connectivity index (χ3v) is 5.65. The van der Waals surface area contributed by atoms with Gasteiger partial charge in [-0.3, -0.25) is 9.59 Å². The molecule has 3 unspecified atom stereocenters. The van der Waals surface area contributed by atoms with E-state index in [1.807, 2.05) is 19.9 Å². The Morgan fingerprint density at radius 1 is 1.38 bits per heavy atom. The quantitative estimate of drug-likeness (QED) is 0.886. The lowest BCUT2D eigenvalue weighted by molar-refractivity contribution is -0.137. The molecule has 136 valence electrons. The normalized spacial score (nSPS) is 28.1. The van der Waals surface area contributed by atoms with Crippen molar-refractivity contribution in [3.63, 3.8) is 0 Å². The average Bonchev–Trinajstić information content (AvgIpc) is 2.61. The number of hydrogen-bond donors (Lipinski definition) is 1. The first-order valence-electron chi connectivity index (χ1n) is 8.89. The summed E-state index contributed by atoms with van der Waals surface area (Å²) >= 11 is 0. The van der Waals surface area contributed by atoms with Gasteiger partial charge in [-0.1, -0.05) is 31.7 Å². The average molecular weight is 352 g/mol. The zero-order valence-corrected chi connectivity index (χ0v) is 15.4. The highest BCUT2D eigenvalue weighted by Gasteiger charge is 2.54. The minimum atomic E-state index is -0.880. The van der Waals surface area contributed by atoms with Crippen molar-refractivity contribution in [2.75, 3.05) is 6.61 Å². The number of phenols is 1. The molecule has 0 fully saturated rings. The van der Waals surface area contributed by atoms with E-state index in [9.17, 15) is 14.7 Å². The number of aromatic hydroxyl groups is 1. The van der Waals surface area contributed by atoms with Crippen LogP contribution in [0.15, 0.2) is 54.2 Å². The van der Waals surface area contributed by atoms with Gasteiger partial charge in [0.15, 0.2) is 23.1 Å². The van der Waals surface area contributed by atoms with Gasteiger partial charge in [0.05, 0.1) is 12.0 Å². The molecule has 3 rings (SSSR count). The molecule has 0 bridgehead atoms. The molecule has 0 aliphatic heterocycles. The van der Waals surface area contributed by atoms with E-state index in [-0.39, 0.29) is 23.2 Å². The van der Waals surface area contributed by atoms with Crippen LogP contribution in [0.2, 0.25) is 0 Å². The van der Waals surface area contributed by atoms with E-state index in [4.69, 9.17) is 4.74 Å².